The number of aromatic nitrogens is 3. The second-order valence-corrected chi connectivity index (χ2v) is 6.59. The van der Waals surface area contributed by atoms with Gasteiger partial charge in [0.1, 0.15) is 6.33 Å². The minimum Gasteiger partial charge on any atom is -0.465 e. The van der Waals surface area contributed by atoms with E-state index in [1.807, 2.05) is 11.5 Å². The summed E-state index contributed by atoms with van der Waals surface area (Å²) in [7, 11) is 0. The molecular formula is C17H21N3O2S. The molecule has 0 atom stereocenters. The van der Waals surface area contributed by atoms with Gasteiger partial charge in [0.05, 0.1) is 18.0 Å². The highest BCUT2D eigenvalue weighted by Crippen LogP contribution is 2.31. The van der Waals surface area contributed by atoms with E-state index in [9.17, 15) is 4.79 Å². The van der Waals surface area contributed by atoms with Crippen LogP contribution in [0, 0.1) is 6.92 Å². The van der Waals surface area contributed by atoms with Crippen molar-refractivity contribution in [3.8, 4) is 5.69 Å². The summed E-state index contributed by atoms with van der Waals surface area (Å²) in [6.07, 6.45) is 6.43. The Morgan fingerprint density at radius 3 is 2.87 bits per heavy atom. The number of hydrogen-bond donors (Lipinski definition) is 0. The fraction of sp³-hybridized carbons (Fsp3) is 0.471. The van der Waals surface area contributed by atoms with Crippen molar-refractivity contribution in [3.63, 3.8) is 0 Å². The Morgan fingerprint density at radius 2 is 2.09 bits per heavy atom. The summed E-state index contributed by atoms with van der Waals surface area (Å²) in [6.45, 7) is 4.39. The highest BCUT2D eigenvalue weighted by molar-refractivity contribution is 7.99. The van der Waals surface area contributed by atoms with Crippen molar-refractivity contribution in [3.05, 3.63) is 35.2 Å². The molecule has 5 nitrogen and oxygen atoms in total. The van der Waals surface area contributed by atoms with E-state index in [0.29, 0.717) is 6.61 Å². The molecule has 122 valence electrons. The van der Waals surface area contributed by atoms with Crippen LogP contribution in [0.25, 0.3) is 5.69 Å². The second kappa shape index (κ2) is 7.17. The number of rotatable bonds is 5. The summed E-state index contributed by atoms with van der Waals surface area (Å²) in [4.78, 5) is 11.6. The quantitative estimate of drug-likeness (QED) is 0.622. The van der Waals surface area contributed by atoms with Crippen LogP contribution >= 0.6 is 11.8 Å². The van der Waals surface area contributed by atoms with Crippen LogP contribution in [-0.2, 0) is 22.4 Å². The minimum absolute atomic E-state index is 0.224. The molecule has 3 rings (SSSR count). The van der Waals surface area contributed by atoms with E-state index in [2.05, 4.69) is 29.3 Å². The fourth-order valence-corrected chi connectivity index (χ4v) is 3.79. The number of thioether (sulfide) groups is 1. The van der Waals surface area contributed by atoms with Crippen LogP contribution in [0.2, 0.25) is 0 Å². The van der Waals surface area contributed by atoms with Gasteiger partial charge in [-0.3, -0.25) is 9.36 Å². The van der Waals surface area contributed by atoms with E-state index < -0.39 is 0 Å². The standard InChI is InChI=1S/C17H21N3O2S/c1-3-22-16(21)10-23-17-19-18-11-20(17)15-9-8-12(2)13-6-4-5-7-14(13)15/h8-9,11H,3-7,10H2,1-2H3. The lowest BCUT2D eigenvalue weighted by Gasteiger charge is -2.22. The zero-order valence-electron chi connectivity index (χ0n) is 13.5. The molecule has 1 aromatic heterocycles. The van der Waals surface area contributed by atoms with Crippen molar-refractivity contribution in [2.45, 2.75) is 44.7 Å². The molecule has 6 heteroatoms. The number of fused-ring (bicyclic) bond motifs is 1. The van der Waals surface area contributed by atoms with Gasteiger partial charge in [0.15, 0.2) is 5.16 Å². The Kier molecular flexibility index (Phi) is 5.00. The number of carbonyl (C=O) groups excluding carboxylic acids is 1. The third kappa shape index (κ3) is 3.42. The Hall–Kier alpha value is -1.82. The van der Waals surface area contributed by atoms with Crippen molar-refractivity contribution in [2.75, 3.05) is 12.4 Å². The number of nitrogens with zero attached hydrogens (tertiary/aromatic N) is 3. The summed E-state index contributed by atoms with van der Waals surface area (Å²) >= 11 is 1.37. The first kappa shape index (κ1) is 16.1. The number of aryl methyl sites for hydroxylation is 1. The Bertz CT molecular complexity index is 712. The molecule has 0 unspecified atom stereocenters. The maximum atomic E-state index is 11.6. The topological polar surface area (TPSA) is 57.0 Å². The lowest BCUT2D eigenvalue weighted by atomic mass is 9.87. The van der Waals surface area contributed by atoms with Gasteiger partial charge >= 0.3 is 5.97 Å². The van der Waals surface area contributed by atoms with E-state index in [0.717, 1.165) is 23.7 Å². The lowest BCUT2D eigenvalue weighted by Crippen LogP contribution is -2.11. The molecular weight excluding hydrogens is 310 g/mol. The summed E-state index contributed by atoms with van der Waals surface area (Å²) in [5.74, 6) is 0.0265. The van der Waals surface area contributed by atoms with E-state index >= 15 is 0 Å². The highest BCUT2D eigenvalue weighted by atomic mass is 32.2. The second-order valence-electron chi connectivity index (χ2n) is 5.64. The van der Waals surface area contributed by atoms with Crippen LogP contribution in [0.5, 0.6) is 0 Å². The number of hydrogen-bond acceptors (Lipinski definition) is 5. The number of benzene rings is 1. The maximum absolute atomic E-state index is 11.6. The SMILES string of the molecule is CCOC(=O)CSc1nncn1-c1ccc(C)c2c1CCCC2. The van der Waals surface area contributed by atoms with Crippen LogP contribution in [0.4, 0.5) is 0 Å². The van der Waals surface area contributed by atoms with Gasteiger partial charge in [-0.2, -0.15) is 0 Å². The van der Waals surface area contributed by atoms with Gasteiger partial charge in [-0.15, -0.1) is 10.2 Å². The number of esters is 1. The van der Waals surface area contributed by atoms with Crippen molar-refractivity contribution < 1.29 is 9.53 Å². The van der Waals surface area contributed by atoms with E-state index in [1.54, 1.807) is 6.33 Å². The molecule has 0 bridgehead atoms. The largest absolute Gasteiger partial charge is 0.465 e. The smallest absolute Gasteiger partial charge is 0.316 e. The van der Waals surface area contributed by atoms with Gasteiger partial charge in [0.25, 0.3) is 0 Å². The van der Waals surface area contributed by atoms with Crippen LogP contribution in [0.3, 0.4) is 0 Å². The molecule has 2 aromatic rings. The van der Waals surface area contributed by atoms with Crippen molar-refractivity contribution in [2.24, 2.45) is 0 Å². The van der Waals surface area contributed by atoms with E-state index in [1.165, 1.54) is 41.3 Å². The van der Waals surface area contributed by atoms with E-state index in [-0.39, 0.29) is 11.7 Å². The van der Waals surface area contributed by atoms with Gasteiger partial charge in [-0.05, 0) is 62.3 Å². The molecule has 1 heterocycles. The van der Waals surface area contributed by atoms with E-state index in [4.69, 9.17) is 4.74 Å². The van der Waals surface area contributed by atoms with Crippen molar-refractivity contribution in [1.82, 2.24) is 14.8 Å². The first-order valence-electron chi connectivity index (χ1n) is 8.01. The summed E-state index contributed by atoms with van der Waals surface area (Å²) < 4.78 is 6.97. The molecule has 0 radical (unpaired) electrons. The normalized spacial score (nSPS) is 13.7. The Balaban J connectivity index is 1.89. The van der Waals surface area contributed by atoms with Gasteiger partial charge in [-0.1, -0.05) is 17.8 Å². The van der Waals surface area contributed by atoms with Crippen molar-refractivity contribution >= 4 is 17.7 Å². The monoisotopic (exact) mass is 331 g/mol. The number of carbonyl (C=O) groups is 1. The highest BCUT2D eigenvalue weighted by Gasteiger charge is 2.19. The molecule has 0 aliphatic heterocycles. The van der Waals surface area contributed by atoms with Crippen LogP contribution in [-0.4, -0.2) is 33.1 Å². The Morgan fingerprint density at radius 1 is 1.30 bits per heavy atom. The molecule has 0 N–H and O–H groups in total. The Labute approximate surface area is 140 Å². The van der Waals surface area contributed by atoms with Gasteiger partial charge in [-0.25, -0.2) is 0 Å². The molecule has 23 heavy (non-hydrogen) atoms. The summed E-state index contributed by atoms with van der Waals surface area (Å²) in [6, 6.07) is 4.30. The molecule has 1 aliphatic carbocycles. The van der Waals surface area contributed by atoms with Gasteiger partial charge in [0.2, 0.25) is 0 Å². The molecule has 0 amide bonds. The minimum atomic E-state index is -0.224. The zero-order chi connectivity index (χ0) is 16.2. The predicted molar refractivity (Wildman–Crippen MR) is 90.1 cm³/mol. The third-order valence-corrected chi connectivity index (χ3v) is 5.06. The third-order valence-electron chi connectivity index (χ3n) is 4.14. The van der Waals surface area contributed by atoms with Crippen LogP contribution < -0.4 is 0 Å². The first-order valence-corrected chi connectivity index (χ1v) is 8.99. The van der Waals surface area contributed by atoms with Crippen LogP contribution in [0.1, 0.15) is 36.5 Å². The first-order chi connectivity index (χ1) is 11.2. The zero-order valence-corrected chi connectivity index (χ0v) is 14.4. The molecule has 1 aliphatic rings. The predicted octanol–water partition coefficient (Wildman–Crippen LogP) is 3.11. The van der Waals surface area contributed by atoms with Crippen molar-refractivity contribution in [1.29, 1.82) is 0 Å². The lowest BCUT2D eigenvalue weighted by molar-refractivity contribution is -0.139. The number of ether oxygens (including phenoxy) is 1. The average molecular weight is 331 g/mol. The van der Waals surface area contributed by atoms with Gasteiger partial charge in [0, 0.05) is 0 Å². The fourth-order valence-electron chi connectivity index (χ4n) is 3.07. The summed E-state index contributed by atoms with van der Waals surface area (Å²) in [5.41, 5.74) is 5.36. The van der Waals surface area contributed by atoms with Gasteiger partial charge < -0.3 is 4.74 Å². The summed E-state index contributed by atoms with van der Waals surface area (Å²) in [5, 5.41) is 8.93. The van der Waals surface area contributed by atoms with Crippen LogP contribution in [0.15, 0.2) is 23.6 Å². The molecule has 0 spiro atoms. The maximum Gasteiger partial charge on any atom is 0.316 e. The molecule has 0 saturated carbocycles. The molecule has 1 aromatic carbocycles. The molecule has 0 saturated heterocycles. The molecule has 0 fully saturated rings. The average Bonchev–Trinajstić information content (AvgIpc) is 3.02.